The van der Waals surface area contributed by atoms with Crippen LogP contribution in [0.25, 0.3) is 0 Å². The molecule has 0 saturated carbocycles. The van der Waals surface area contributed by atoms with Crippen LogP contribution in [0.15, 0.2) is 43.5 Å². The molecule has 2 fully saturated rings. The first-order valence-electron chi connectivity index (χ1n) is 18.3. The molecule has 20 heteroatoms. The Kier molecular flexibility index (Phi) is 11.4. The molecule has 0 spiro atoms. The van der Waals surface area contributed by atoms with Gasteiger partial charge in [0, 0.05) is 48.7 Å². The van der Waals surface area contributed by atoms with Gasteiger partial charge < -0.3 is 19.3 Å². The molecule has 0 atom stereocenters. The summed E-state index contributed by atoms with van der Waals surface area (Å²) in [6.07, 6.45) is 0.668. The van der Waals surface area contributed by atoms with E-state index in [1.54, 1.807) is 27.7 Å². The molecule has 2 aliphatic heterocycles. The van der Waals surface area contributed by atoms with E-state index in [2.05, 4.69) is 0 Å². The molecule has 0 bridgehead atoms. The predicted octanol–water partition coefficient (Wildman–Crippen LogP) is 12.1. The maximum atomic E-state index is 14.6. The summed E-state index contributed by atoms with van der Waals surface area (Å²) in [5.74, 6) is -2.99. The van der Waals surface area contributed by atoms with Crippen LogP contribution in [0, 0.1) is 33.5 Å². The molecule has 4 rings (SSSR count). The number of carbonyl (C=O) groups excluding carboxylic acids is 2. The van der Waals surface area contributed by atoms with Crippen LogP contribution in [-0.4, -0.2) is 61.1 Å². The Morgan fingerprint density at radius 1 is 0.571 bits per heavy atom. The molecule has 0 aromatic heterocycles. The van der Waals surface area contributed by atoms with E-state index < -0.39 is 113 Å². The van der Waals surface area contributed by atoms with E-state index in [4.69, 9.17) is 9.47 Å². The monoisotopic (exact) mass is 854 g/mol. The smallest absolute Gasteiger partial charge is 0.349 e. The van der Waals surface area contributed by atoms with Crippen molar-refractivity contribution >= 4 is 32.4 Å². The Balaban J connectivity index is 1.42. The molecule has 56 heavy (non-hydrogen) atoms. The molecule has 318 valence electrons. The molecule has 0 N–H and O–H groups in total. The number of esters is 2. The first-order valence-corrected chi connectivity index (χ1v) is 22.2. The summed E-state index contributed by atoms with van der Waals surface area (Å²) in [6.45, 7) is 5.85. The summed E-state index contributed by atoms with van der Waals surface area (Å²) >= 11 is 0. The van der Waals surface area contributed by atoms with Crippen LogP contribution in [0.2, 0.25) is 0 Å². The number of allylic oxidation sites excluding steroid dienone is 4. The average Bonchev–Trinajstić information content (AvgIpc) is 3.74. The second-order valence-corrected chi connectivity index (χ2v) is 21.2. The number of likely N-dealkylation sites (tertiary alicyclic amines) is 2. The second-order valence-electron chi connectivity index (χ2n) is 16.5. The molecule has 2 heterocycles. The van der Waals surface area contributed by atoms with Gasteiger partial charge in [-0.2, -0.15) is 10.5 Å². The lowest BCUT2D eigenvalue weighted by Gasteiger charge is -2.49. The fraction of sp³-hybridized carbons (Fsp3) is 0.667. The second kappa shape index (κ2) is 14.1. The van der Waals surface area contributed by atoms with E-state index in [1.807, 2.05) is 0 Å². The van der Waals surface area contributed by atoms with Gasteiger partial charge in [0.2, 0.25) is 0 Å². The number of ether oxygens (including phenoxy) is 2. The van der Waals surface area contributed by atoms with Gasteiger partial charge in [-0.25, -0.2) is 9.59 Å². The molecular formula is C36H48F10N4O4S2. The number of hydrogen-bond donors (Lipinski definition) is 0. The normalized spacial score (nSPS) is 24.6. The van der Waals surface area contributed by atoms with Crippen molar-refractivity contribution in [1.82, 2.24) is 9.80 Å². The van der Waals surface area contributed by atoms with Gasteiger partial charge in [-0.05, 0) is 87.9 Å². The zero-order chi connectivity index (χ0) is 42.3. The maximum absolute atomic E-state index is 14.6. The van der Waals surface area contributed by atoms with Crippen LogP contribution in [0.4, 0.5) is 38.9 Å². The van der Waals surface area contributed by atoms with Crippen molar-refractivity contribution in [2.24, 2.45) is 10.8 Å². The zero-order valence-electron chi connectivity index (χ0n) is 31.7. The van der Waals surface area contributed by atoms with Crippen molar-refractivity contribution in [2.75, 3.05) is 39.4 Å². The van der Waals surface area contributed by atoms with Gasteiger partial charge in [0.15, 0.2) is 0 Å². The molecule has 0 aromatic rings. The minimum Gasteiger partial charge on any atom is -0.462 e. The standard InChI is InChI=1S/C36H48F10N4O4S2/c1-35(2)19-25(31(55(37,38,39,40)41)29(21-35)49-13-7-8-14-49)27(23-47)33(51)53-17-11-5-6-12-18-54-34(52)28(24-48)26-20-36(3,4)22-30(50-15-9-10-16-50)32(26)56(42,43,44,45)46/h5-22H2,1-4H3/b27-25+,28-26+. The average molecular weight is 855 g/mol. The molecule has 0 aromatic carbocycles. The third kappa shape index (κ3) is 11.1. The van der Waals surface area contributed by atoms with Gasteiger partial charge in [-0.15, -0.1) is 0 Å². The predicted molar refractivity (Wildman–Crippen MR) is 194 cm³/mol. The summed E-state index contributed by atoms with van der Waals surface area (Å²) in [4.78, 5) is 23.9. The number of unbranched alkanes of at least 4 members (excludes halogenated alkanes) is 3. The summed E-state index contributed by atoms with van der Waals surface area (Å²) in [5.41, 5.74) is -7.80. The summed E-state index contributed by atoms with van der Waals surface area (Å²) in [6, 6.07) is 2.73. The number of hydrogen-bond acceptors (Lipinski definition) is 8. The van der Waals surface area contributed by atoms with Crippen LogP contribution in [0.5, 0.6) is 0 Å². The fourth-order valence-corrected chi connectivity index (χ4v) is 10.5. The van der Waals surface area contributed by atoms with Crippen molar-refractivity contribution in [2.45, 2.75) is 105 Å². The molecule has 2 aliphatic carbocycles. The number of nitrogens with zero attached hydrogens (tertiary/aromatic N) is 4. The van der Waals surface area contributed by atoms with E-state index in [-0.39, 0.29) is 64.7 Å². The van der Waals surface area contributed by atoms with E-state index in [1.165, 1.54) is 21.9 Å². The highest BCUT2D eigenvalue weighted by Crippen LogP contribution is 3.04. The molecule has 0 unspecified atom stereocenters. The Hall–Kier alpha value is -3.52. The molecule has 2 saturated heterocycles. The third-order valence-electron chi connectivity index (χ3n) is 10.2. The van der Waals surface area contributed by atoms with E-state index in [0.717, 1.165) is 0 Å². The zero-order valence-corrected chi connectivity index (χ0v) is 33.4. The summed E-state index contributed by atoms with van der Waals surface area (Å²) in [5, 5.41) is 19.5. The van der Waals surface area contributed by atoms with Gasteiger partial charge in [-0.1, -0.05) is 66.6 Å². The topological polar surface area (TPSA) is 107 Å². The molecule has 0 amide bonds. The highest BCUT2D eigenvalue weighted by atomic mass is 32.5. The van der Waals surface area contributed by atoms with Gasteiger partial charge >= 0.3 is 32.4 Å². The van der Waals surface area contributed by atoms with Gasteiger partial charge in [-0.3, -0.25) is 0 Å². The number of rotatable bonds is 13. The number of carbonyl (C=O) groups is 2. The lowest BCUT2D eigenvalue weighted by Crippen LogP contribution is -2.34. The van der Waals surface area contributed by atoms with Crippen molar-refractivity contribution in [1.29, 1.82) is 10.5 Å². The summed E-state index contributed by atoms with van der Waals surface area (Å²) < 4.78 is 156. The fourth-order valence-electron chi connectivity index (χ4n) is 7.96. The third-order valence-corrected chi connectivity index (χ3v) is 12.7. The van der Waals surface area contributed by atoms with Gasteiger partial charge in [0.05, 0.1) is 13.2 Å². The Morgan fingerprint density at radius 3 is 1.14 bits per heavy atom. The first-order chi connectivity index (χ1) is 25.3. The van der Waals surface area contributed by atoms with Crippen molar-refractivity contribution in [3.05, 3.63) is 43.5 Å². The van der Waals surface area contributed by atoms with Crippen LogP contribution in [-0.2, 0) is 19.1 Å². The van der Waals surface area contributed by atoms with Crippen molar-refractivity contribution in [3.63, 3.8) is 0 Å². The van der Waals surface area contributed by atoms with Crippen LogP contribution >= 0.6 is 20.4 Å². The van der Waals surface area contributed by atoms with Crippen molar-refractivity contribution in [3.8, 4) is 12.1 Å². The number of nitriles is 2. The Labute approximate surface area is 320 Å². The van der Waals surface area contributed by atoms with Crippen LogP contribution in [0.1, 0.15) is 105 Å². The van der Waals surface area contributed by atoms with E-state index in [9.17, 15) is 59.0 Å². The highest BCUT2D eigenvalue weighted by molar-refractivity contribution is 8.49. The van der Waals surface area contributed by atoms with Crippen LogP contribution in [0.3, 0.4) is 0 Å². The molecule has 8 nitrogen and oxygen atoms in total. The highest BCUT2D eigenvalue weighted by Gasteiger charge is 2.72. The first kappa shape index (κ1) is 45.2. The van der Waals surface area contributed by atoms with Gasteiger partial charge in [0.25, 0.3) is 0 Å². The SMILES string of the molecule is CC1(C)CC(N2CCCC2)=C(S(F)(F)(F)(F)F)/C(=C(\C#N)C(=O)OCCCCCCOC(=O)/C(C#N)=C2\CC(C)(C)CC(N3CCCC3)=C2S(F)(F)(F)(F)F)C1. The minimum absolute atomic E-state index is 0.0718. The largest absolute Gasteiger partial charge is 0.462 e. The quantitative estimate of drug-likeness (QED) is 0.0593. The Bertz CT molecular complexity index is 1710. The van der Waals surface area contributed by atoms with E-state index in [0.29, 0.717) is 25.7 Å². The lowest BCUT2D eigenvalue weighted by atomic mass is 9.75. The summed E-state index contributed by atoms with van der Waals surface area (Å²) in [7, 11) is -20.8. The van der Waals surface area contributed by atoms with E-state index >= 15 is 0 Å². The van der Waals surface area contributed by atoms with Crippen molar-refractivity contribution < 1.29 is 57.9 Å². The number of halogens is 10. The molecule has 0 radical (unpaired) electrons. The van der Waals surface area contributed by atoms with Gasteiger partial charge in [0.1, 0.15) is 33.1 Å². The molecule has 4 aliphatic rings. The van der Waals surface area contributed by atoms with Crippen LogP contribution < -0.4 is 0 Å². The maximum Gasteiger partial charge on any atom is 0.349 e. The minimum atomic E-state index is -10.4. The molecular weight excluding hydrogens is 807 g/mol. The Morgan fingerprint density at radius 2 is 0.875 bits per heavy atom. The lowest BCUT2D eigenvalue weighted by molar-refractivity contribution is -0.140.